The first-order valence-electron chi connectivity index (χ1n) is 17.1. The first-order chi connectivity index (χ1) is 24.8. The minimum atomic E-state index is 1.12. The summed E-state index contributed by atoms with van der Waals surface area (Å²) < 4.78 is 2.59. The fourth-order valence-electron chi connectivity index (χ4n) is 7.65. The minimum Gasteiger partial charge on any atom is -0.310 e. The largest absolute Gasteiger partial charge is 0.310 e. The fraction of sp³-hybridized carbons (Fsp3) is 0. The van der Waals surface area contributed by atoms with Gasteiger partial charge in [0.2, 0.25) is 0 Å². The molecule has 0 aliphatic carbocycles. The van der Waals surface area contributed by atoms with Gasteiger partial charge in [-0.25, -0.2) is 0 Å². The van der Waals surface area contributed by atoms with Gasteiger partial charge in [0.25, 0.3) is 0 Å². The highest BCUT2D eigenvalue weighted by Crippen LogP contribution is 2.46. The molecule has 1 nitrogen and oxygen atoms in total. The first kappa shape index (κ1) is 28.8. The van der Waals surface area contributed by atoms with Crippen molar-refractivity contribution in [3.63, 3.8) is 0 Å². The molecule has 0 aliphatic heterocycles. The van der Waals surface area contributed by atoms with Gasteiger partial charge < -0.3 is 4.90 Å². The highest BCUT2D eigenvalue weighted by atomic mass is 32.1. The molecule has 0 spiro atoms. The van der Waals surface area contributed by atoms with Gasteiger partial charge >= 0.3 is 0 Å². The highest BCUT2D eigenvalue weighted by Gasteiger charge is 2.19. The molecule has 0 atom stereocenters. The van der Waals surface area contributed by atoms with Crippen molar-refractivity contribution in [2.24, 2.45) is 0 Å². The molecular formula is C48H31NS. The molecule has 10 rings (SSSR count). The van der Waals surface area contributed by atoms with Crippen molar-refractivity contribution in [2.45, 2.75) is 0 Å². The van der Waals surface area contributed by atoms with Gasteiger partial charge in [0.05, 0.1) is 5.69 Å². The maximum atomic E-state index is 2.44. The van der Waals surface area contributed by atoms with Gasteiger partial charge in [-0.1, -0.05) is 140 Å². The van der Waals surface area contributed by atoms with Crippen molar-refractivity contribution in [1.29, 1.82) is 0 Å². The van der Waals surface area contributed by atoms with Crippen LogP contribution < -0.4 is 4.90 Å². The lowest BCUT2D eigenvalue weighted by Gasteiger charge is -2.27. The quantitative estimate of drug-likeness (QED) is 0.167. The third-order valence-corrected chi connectivity index (χ3v) is 11.2. The van der Waals surface area contributed by atoms with E-state index in [1.807, 2.05) is 11.3 Å². The molecule has 0 saturated carbocycles. The maximum Gasteiger partial charge on any atom is 0.0554 e. The van der Waals surface area contributed by atoms with Crippen LogP contribution in [0.2, 0.25) is 0 Å². The average Bonchev–Trinajstić information content (AvgIpc) is 3.58. The fourth-order valence-corrected chi connectivity index (χ4v) is 8.77. The molecule has 0 unspecified atom stereocenters. The van der Waals surface area contributed by atoms with E-state index >= 15 is 0 Å². The van der Waals surface area contributed by atoms with Crippen LogP contribution in [-0.2, 0) is 0 Å². The summed E-state index contributed by atoms with van der Waals surface area (Å²) in [6.07, 6.45) is 0. The summed E-state index contributed by atoms with van der Waals surface area (Å²) in [6, 6.07) is 68.8. The van der Waals surface area contributed by atoms with Gasteiger partial charge in [-0.05, 0) is 103 Å². The number of nitrogens with zero attached hydrogens (tertiary/aromatic N) is 1. The Labute approximate surface area is 294 Å². The van der Waals surface area contributed by atoms with Gasteiger partial charge in [-0.3, -0.25) is 0 Å². The zero-order valence-corrected chi connectivity index (χ0v) is 28.1. The van der Waals surface area contributed by atoms with E-state index in [1.165, 1.54) is 80.4 Å². The normalized spacial score (nSPS) is 11.6. The van der Waals surface area contributed by atoms with Crippen LogP contribution in [0.5, 0.6) is 0 Å². The maximum absolute atomic E-state index is 2.44. The molecule has 50 heavy (non-hydrogen) atoms. The van der Waals surface area contributed by atoms with Crippen molar-refractivity contribution in [2.75, 3.05) is 4.90 Å². The smallest absolute Gasteiger partial charge is 0.0554 e. The van der Waals surface area contributed by atoms with Crippen LogP contribution in [0.1, 0.15) is 0 Å². The molecule has 0 saturated heterocycles. The third-order valence-electron chi connectivity index (χ3n) is 10.0. The molecule has 0 bridgehead atoms. The Morgan fingerprint density at radius 3 is 1.68 bits per heavy atom. The summed E-state index contributed by atoms with van der Waals surface area (Å²) in [7, 11) is 0. The van der Waals surface area contributed by atoms with Crippen LogP contribution in [0.15, 0.2) is 188 Å². The van der Waals surface area contributed by atoms with E-state index in [4.69, 9.17) is 0 Å². The monoisotopic (exact) mass is 653 g/mol. The summed E-state index contributed by atoms with van der Waals surface area (Å²) in [4.78, 5) is 2.44. The Morgan fingerprint density at radius 1 is 0.320 bits per heavy atom. The van der Waals surface area contributed by atoms with Crippen molar-refractivity contribution >= 4 is 80.9 Å². The van der Waals surface area contributed by atoms with Gasteiger partial charge in [0, 0.05) is 31.5 Å². The van der Waals surface area contributed by atoms with Crippen LogP contribution in [0.3, 0.4) is 0 Å². The number of anilines is 3. The summed E-state index contributed by atoms with van der Waals surface area (Å²) in [6.45, 7) is 0. The van der Waals surface area contributed by atoms with E-state index in [0.717, 1.165) is 11.4 Å². The van der Waals surface area contributed by atoms with Gasteiger partial charge in [-0.2, -0.15) is 0 Å². The summed E-state index contributed by atoms with van der Waals surface area (Å²) in [5.74, 6) is 0. The average molecular weight is 654 g/mol. The van der Waals surface area contributed by atoms with Gasteiger partial charge in [-0.15, -0.1) is 11.3 Å². The Morgan fingerprint density at radius 2 is 0.880 bits per heavy atom. The molecule has 0 aliphatic rings. The van der Waals surface area contributed by atoms with Crippen LogP contribution in [0.4, 0.5) is 17.1 Å². The lowest BCUT2D eigenvalue weighted by molar-refractivity contribution is 1.30. The summed E-state index contributed by atoms with van der Waals surface area (Å²) in [5, 5.41) is 10.2. The standard InChI is InChI=1S/C48H31NS/c1-2-11-32(12-3-1)35-14-8-16-38(29-35)49(45-20-10-22-47-48(45)43-19-6-7-21-46(43)50-47)39-17-9-15-36(30-39)37-24-23-34-26-27-41-40-18-5-4-13-33(40)25-28-42(41)44(34)31-37/h1-31H. The molecule has 2 heteroatoms. The predicted octanol–water partition coefficient (Wildman–Crippen LogP) is 14.3. The molecule has 9 aromatic carbocycles. The summed E-state index contributed by atoms with van der Waals surface area (Å²) in [5.41, 5.74) is 8.23. The Balaban J connectivity index is 1.18. The van der Waals surface area contributed by atoms with Crippen LogP contribution in [0.25, 0.3) is 74.7 Å². The van der Waals surface area contributed by atoms with E-state index in [2.05, 4.69) is 193 Å². The molecule has 0 radical (unpaired) electrons. The second-order valence-electron chi connectivity index (χ2n) is 12.9. The van der Waals surface area contributed by atoms with Crippen molar-refractivity contribution in [1.82, 2.24) is 0 Å². The Bertz CT molecular complexity index is 2880. The number of hydrogen-bond acceptors (Lipinski definition) is 2. The van der Waals surface area contributed by atoms with Crippen LogP contribution in [0, 0.1) is 0 Å². The molecular weight excluding hydrogens is 623 g/mol. The second kappa shape index (κ2) is 11.7. The third kappa shape index (κ3) is 4.76. The second-order valence-corrected chi connectivity index (χ2v) is 14.0. The van der Waals surface area contributed by atoms with Crippen molar-refractivity contribution < 1.29 is 0 Å². The highest BCUT2D eigenvalue weighted by molar-refractivity contribution is 7.26. The minimum absolute atomic E-state index is 1.12. The molecule has 234 valence electrons. The zero-order chi connectivity index (χ0) is 33.0. The Kier molecular flexibility index (Phi) is 6.75. The molecule has 10 aromatic rings. The molecule has 0 amide bonds. The summed E-state index contributed by atoms with van der Waals surface area (Å²) >= 11 is 1.86. The number of fused-ring (bicyclic) bond motifs is 8. The number of thiophene rings is 1. The van der Waals surface area contributed by atoms with Crippen molar-refractivity contribution in [3.05, 3.63) is 188 Å². The van der Waals surface area contributed by atoms with E-state index in [1.54, 1.807) is 0 Å². The van der Waals surface area contributed by atoms with Crippen LogP contribution >= 0.6 is 11.3 Å². The zero-order valence-electron chi connectivity index (χ0n) is 27.3. The van der Waals surface area contributed by atoms with Crippen molar-refractivity contribution in [3.8, 4) is 22.3 Å². The number of benzene rings is 9. The van der Waals surface area contributed by atoms with E-state index in [9.17, 15) is 0 Å². The SMILES string of the molecule is c1ccc(-c2cccc(N(c3cccc(-c4ccc5ccc6c7ccccc7ccc6c5c4)c3)c3cccc4sc5ccccc5c34)c2)cc1. The van der Waals surface area contributed by atoms with Gasteiger partial charge in [0.15, 0.2) is 0 Å². The molecule has 1 heterocycles. The molecule has 0 N–H and O–H groups in total. The topological polar surface area (TPSA) is 3.24 Å². The first-order valence-corrected chi connectivity index (χ1v) is 17.9. The Hall–Kier alpha value is -6.22. The van der Waals surface area contributed by atoms with E-state index < -0.39 is 0 Å². The number of rotatable bonds is 5. The van der Waals surface area contributed by atoms with Gasteiger partial charge in [0.1, 0.15) is 0 Å². The molecule has 1 aromatic heterocycles. The predicted molar refractivity (Wildman–Crippen MR) is 217 cm³/mol. The van der Waals surface area contributed by atoms with Crippen LogP contribution in [-0.4, -0.2) is 0 Å². The number of hydrogen-bond donors (Lipinski definition) is 0. The molecule has 0 fully saturated rings. The van der Waals surface area contributed by atoms with E-state index in [-0.39, 0.29) is 0 Å². The lowest BCUT2D eigenvalue weighted by Crippen LogP contribution is -2.10. The lowest BCUT2D eigenvalue weighted by atomic mass is 9.94. The van der Waals surface area contributed by atoms with E-state index in [0.29, 0.717) is 0 Å².